The molecule has 1 aromatic rings. The fourth-order valence-electron chi connectivity index (χ4n) is 1.63. The molecule has 0 saturated heterocycles. The number of halogens is 2. The van der Waals surface area contributed by atoms with Crippen molar-refractivity contribution in [1.82, 2.24) is 10.3 Å². The van der Waals surface area contributed by atoms with Crippen LogP contribution in [0.2, 0.25) is 0 Å². The molecule has 19 heavy (non-hydrogen) atoms. The maximum Gasteiger partial charge on any atom is 0.270 e. The van der Waals surface area contributed by atoms with Gasteiger partial charge < -0.3 is 15.3 Å². The van der Waals surface area contributed by atoms with Crippen LogP contribution in [0, 0.1) is 0 Å². The second kappa shape index (κ2) is 5.97. The number of pyridine rings is 1. The number of likely N-dealkylation sites (N-methyl/N-ethyl adjacent to an activating group) is 1. The van der Waals surface area contributed by atoms with E-state index in [0.29, 0.717) is 0 Å². The van der Waals surface area contributed by atoms with Gasteiger partial charge in [-0.1, -0.05) is 6.58 Å². The zero-order chi connectivity index (χ0) is 14.6. The Hall–Kier alpha value is -1.69. The quantitative estimate of drug-likeness (QED) is 0.778. The minimum absolute atomic E-state index is 0.138. The van der Waals surface area contributed by atoms with Crippen LogP contribution in [0.4, 0.5) is 14.6 Å². The summed E-state index contributed by atoms with van der Waals surface area (Å²) in [6, 6.07) is 2.22. The summed E-state index contributed by atoms with van der Waals surface area (Å²) in [5.74, 6) is -2.65. The van der Waals surface area contributed by atoms with E-state index in [9.17, 15) is 13.9 Å². The van der Waals surface area contributed by atoms with Crippen molar-refractivity contribution in [3.05, 3.63) is 36.7 Å². The van der Waals surface area contributed by atoms with Gasteiger partial charge in [-0.2, -0.15) is 0 Å². The van der Waals surface area contributed by atoms with Crippen molar-refractivity contribution < 1.29 is 13.9 Å². The van der Waals surface area contributed by atoms with Gasteiger partial charge in [0.25, 0.3) is 5.92 Å². The molecule has 6 heteroatoms. The Morgan fingerprint density at radius 3 is 2.74 bits per heavy atom. The molecule has 0 spiro atoms. The van der Waals surface area contributed by atoms with Crippen LogP contribution in [0.5, 0.6) is 0 Å². The maximum atomic E-state index is 13.2. The third-order valence-corrected chi connectivity index (χ3v) is 2.84. The fraction of sp³-hybridized carbons (Fsp3) is 0.462. The Morgan fingerprint density at radius 2 is 2.21 bits per heavy atom. The smallest absolute Gasteiger partial charge is 0.270 e. The van der Waals surface area contributed by atoms with Gasteiger partial charge in [0, 0.05) is 25.7 Å². The molecule has 0 aromatic carbocycles. The minimum Gasteiger partial charge on any atom is -0.384 e. The molecule has 0 radical (unpaired) electrons. The van der Waals surface area contributed by atoms with Gasteiger partial charge in [0.15, 0.2) is 0 Å². The van der Waals surface area contributed by atoms with Crippen LogP contribution in [0.15, 0.2) is 31.1 Å². The van der Waals surface area contributed by atoms with E-state index < -0.39 is 12.2 Å². The third kappa shape index (κ3) is 3.89. The van der Waals surface area contributed by atoms with Gasteiger partial charge in [0.2, 0.25) is 0 Å². The third-order valence-electron chi connectivity index (χ3n) is 2.84. The predicted octanol–water partition coefficient (Wildman–Crippen LogP) is 2.07. The Morgan fingerprint density at radius 1 is 1.58 bits per heavy atom. The van der Waals surface area contributed by atoms with Gasteiger partial charge in [-0.15, -0.1) is 0 Å². The Bertz CT molecular complexity index is 434. The summed E-state index contributed by atoms with van der Waals surface area (Å²) in [6.45, 7) is 6.08. The lowest BCUT2D eigenvalue weighted by molar-refractivity contribution is 0.0173. The van der Waals surface area contributed by atoms with Gasteiger partial charge in [-0.3, -0.25) is 0 Å². The van der Waals surface area contributed by atoms with E-state index in [0.717, 1.165) is 6.92 Å². The highest BCUT2D eigenvalue weighted by molar-refractivity contribution is 5.42. The van der Waals surface area contributed by atoms with Gasteiger partial charge in [0.05, 0.1) is 6.04 Å². The van der Waals surface area contributed by atoms with Crippen molar-refractivity contribution in [2.24, 2.45) is 0 Å². The molecule has 2 unspecified atom stereocenters. The average molecular weight is 271 g/mol. The number of aromatic nitrogens is 1. The summed E-state index contributed by atoms with van der Waals surface area (Å²) in [5, 5.41) is 12.9. The first-order valence-corrected chi connectivity index (χ1v) is 5.89. The lowest BCUT2D eigenvalue weighted by atomic mass is 10.1. The lowest BCUT2D eigenvalue weighted by Gasteiger charge is -2.29. The van der Waals surface area contributed by atoms with E-state index in [2.05, 4.69) is 16.9 Å². The normalized spacial score (nSPS) is 14.6. The molecular formula is C13H19F2N3O. The summed E-state index contributed by atoms with van der Waals surface area (Å²) in [6.07, 6.45) is 1.86. The highest BCUT2D eigenvalue weighted by Gasteiger charge is 2.26. The maximum absolute atomic E-state index is 13.2. The fourth-order valence-corrected chi connectivity index (χ4v) is 1.63. The zero-order valence-electron chi connectivity index (χ0n) is 11.3. The number of alkyl halides is 2. The highest BCUT2D eigenvalue weighted by atomic mass is 19.3. The number of aliphatic hydroxyl groups is 1. The summed E-state index contributed by atoms with van der Waals surface area (Å²) in [7, 11) is 1.59. The van der Waals surface area contributed by atoms with E-state index in [-0.39, 0.29) is 17.4 Å². The van der Waals surface area contributed by atoms with E-state index in [4.69, 9.17) is 0 Å². The van der Waals surface area contributed by atoms with Gasteiger partial charge in [-0.05, 0) is 25.3 Å². The molecule has 0 saturated carbocycles. The Labute approximate surface area is 111 Å². The Kier molecular flexibility index (Phi) is 4.83. The van der Waals surface area contributed by atoms with Crippen LogP contribution >= 0.6 is 0 Å². The molecular weight excluding hydrogens is 252 g/mol. The topological polar surface area (TPSA) is 48.4 Å². The molecule has 106 valence electrons. The van der Waals surface area contributed by atoms with Crippen molar-refractivity contribution in [2.75, 3.05) is 11.9 Å². The molecule has 2 atom stereocenters. The first-order valence-electron chi connectivity index (χ1n) is 5.89. The number of anilines is 1. The molecule has 0 aliphatic heterocycles. The minimum atomic E-state index is -2.94. The SMILES string of the molecule is C=CNC(C)C(O)N(C)c1cc(C(C)(F)F)ccn1. The molecule has 1 rings (SSSR count). The van der Waals surface area contributed by atoms with Gasteiger partial charge >= 0.3 is 0 Å². The van der Waals surface area contributed by atoms with E-state index >= 15 is 0 Å². The van der Waals surface area contributed by atoms with Crippen molar-refractivity contribution in [3.63, 3.8) is 0 Å². The average Bonchev–Trinajstić information content (AvgIpc) is 2.36. The summed E-state index contributed by atoms with van der Waals surface area (Å²) in [5.41, 5.74) is -0.138. The van der Waals surface area contributed by atoms with Crippen molar-refractivity contribution in [3.8, 4) is 0 Å². The standard InChI is InChI=1S/C13H19F2N3O/c1-5-16-9(2)12(19)18(4)11-8-10(6-7-17-11)13(3,14)15/h5-9,12,16,19H,1H2,2-4H3. The van der Waals surface area contributed by atoms with Crippen molar-refractivity contribution in [1.29, 1.82) is 0 Å². The molecule has 0 amide bonds. The number of hydrogen-bond donors (Lipinski definition) is 2. The van der Waals surface area contributed by atoms with Gasteiger partial charge in [-0.25, -0.2) is 13.8 Å². The second-order valence-electron chi connectivity index (χ2n) is 4.48. The molecule has 1 aromatic heterocycles. The van der Waals surface area contributed by atoms with Crippen LogP contribution in [0.1, 0.15) is 19.4 Å². The molecule has 4 nitrogen and oxygen atoms in total. The zero-order valence-corrected chi connectivity index (χ0v) is 11.3. The van der Waals surface area contributed by atoms with Crippen molar-refractivity contribution >= 4 is 5.82 Å². The van der Waals surface area contributed by atoms with Crippen LogP contribution < -0.4 is 10.2 Å². The second-order valence-corrected chi connectivity index (χ2v) is 4.48. The number of nitrogens with one attached hydrogen (secondary N) is 1. The molecule has 2 N–H and O–H groups in total. The van der Waals surface area contributed by atoms with E-state index in [1.807, 2.05) is 0 Å². The highest BCUT2D eigenvalue weighted by Crippen LogP contribution is 2.28. The number of nitrogens with zero attached hydrogens (tertiary/aromatic N) is 2. The number of hydrogen-bond acceptors (Lipinski definition) is 4. The van der Waals surface area contributed by atoms with Gasteiger partial charge in [0.1, 0.15) is 12.0 Å². The first-order chi connectivity index (χ1) is 8.77. The number of aliphatic hydroxyl groups excluding tert-OH is 1. The Balaban J connectivity index is 2.93. The number of rotatable bonds is 6. The lowest BCUT2D eigenvalue weighted by Crippen LogP contribution is -2.45. The van der Waals surface area contributed by atoms with Crippen LogP contribution in [0.3, 0.4) is 0 Å². The van der Waals surface area contributed by atoms with Crippen LogP contribution in [0.25, 0.3) is 0 Å². The van der Waals surface area contributed by atoms with Crippen LogP contribution in [-0.4, -0.2) is 29.4 Å². The van der Waals surface area contributed by atoms with E-state index in [1.54, 1.807) is 14.0 Å². The predicted molar refractivity (Wildman–Crippen MR) is 71.0 cm³/mol. The van der Waals surface area contributed by atoms with E-state index in [1.165, 1.54) is 29.4 Å². The summed E-state index contributed by atoms with van der Waals surface area (Å²) < 4.78 is 26.5. The molecule has 0 aliphatic carbocycles. The molecule has 0 fully saturated rings. The largest absolute Gasteiger partial charge is 0.384 e. The molecule has 0 bridgehead atoms. The summed E-state index contributed by atoms with van der Waals surface area (Å²) >= 11 is 0. The first kappa shape index (κ1) is 15.4. The monoisotopic (exact) mass is 271 g/mol. The van der Waals surface area contributed by atoms with Crippen LogP contribution in [-0.2, 0) is 5.92 Å². The molecule has 1 heterocycles. The van der Waals surface area contributed by atoms with Crippen molar-refractivity contribution in [2.45, 2.75) is 32.0 Å². The molecule has 0 aliphatic rings. The summed E-state index contributed by atoms with van der Waals surface area (Å²) in [4.78, 5) is 5.42.